The van der Waals surface area contributed by atoms with E-state index in [4.69, 9.17) is 11.6 Å². The average Bonchev–Trinajstić information content (AvgIpc) is 2.32. The second-order valence-corrected chi connectivity index (χ2v) is 8.32. The first-order valence-corrected chi connectivity index (χ1v) is 8.90. The van der Waals surface area contributed by atoms with Crippen molar-refractivity contribution in [3.63, 3.8) is 0 Å². The first-order valence-electron chi connectivity index (χ1n) is 6.29. The zero-order chi connectivity index (χ0) is 14.2. The van der Waals surface area contributed by atoms with E-state index in [0.717, 1.165) is 12.8 Å². The van der Waals surface area contributed by atoms with Crippen LogP contribution in [0.4, 0.5) is 0 Å². The van der Waals surface area contributed by atoms with Gasteiger partial charge in [-0.15, -0.1) is 0 Å². The van der Waals surface area contributed by atoms with Gasteiger partial charge in [-0.05, 0) is 59.8 Å². The van der Waals surface area contributed by atoms with Gasteiger partial charge in [-0.1, -0.05) is 18.5 Å². The predicted octanol–water partition coefficient (Wildman–Crippen LogP) is 3.91. The van der Waals surface area contributed by atoms with Crippen molar-refractivity contribution in [2.45, 2.75) is 37.6 Å². The van der Waals surface area contributed by atoms with E-state index < -0.39 is 10.0 Å². The molecule has 3 nitrogen and oxygen atoms in total. The minimum absolute atomic E-state index is 0.0446. The SMILES string of the molecule is CC1CCN(S(=O)(=O)c2ccc(Cl)c(Br)c2)C(C)C1. The van der Waals surface area contributed by atoms with Crippen molar-refractivity contribution in [3.05, 3.63) is 27.7 Å². The van der Waals surface area contributed by atoms with Crippen molar-refractivity contribution in [1.29, 1.82) is 0 Å². The van der Waals surface area contributed by atoms with Gasteiger partial charge in [0, 0.05) is 17.1 Å². The van der Waals surface area contributed by atoms with E-state index in [1.165, 1.54) is 0 Å². The Morgan fingerprint density at radius 2 is 2.05 bits per heavy atom. The van der Waals surface area contributed by atoms with Crippen molar-refractivity contribution in [3.8, 4) is 0 Å². The number of benzene rings is 1. The van der Waals surface area contributed by atoms with Crippen molar-refractivity contribution < 1.29 is 8.42 Å². The Morgan fingerprint density at radius 1 is 1.37 bits per heavy atom. The molecule has 1 saturated heterocycles. The number of hydrogen-bond acceptors (Lipinski definition) is 2. The van der Waals surface area contributed by atoms with Crippen LogP contribution in [0.25, 0.3) is 0 Å². The Labute approximate surface area is 128 Å². The minimum Gasteiger partial charge on any atom is -0.207 e. The lowest BCUT2D eigenvalue weighted by molar-refractivity contribution is 0.220. The molecule has 1 aliphatic rings. The summed E-state index contributed by atoms with van der Waals surface area (Å²) in [6.07, 6.45) is 1.83. The molecule has 0 radical (unpaired) electrons. The molecule has 0 spiro atoms. The molecule has 0 saturated carbocycles. The third-order valence-electron chi connectivity index (χ3n) is 3.58. The first-order chi connectivity index (χ1) is 8.82. The van der Waals surface area contributed by atoms with Crippen LogP contribution in [-0.2, 0) is 10.0 Å². The molecule has 6 heteroatoms. The summed E-state index contributed by atoms with van der Waals surface area (Å²) in [5, 5.41) is 0.513. The highest BCUT2D eigenvalue weighted by molar-refractivity contribution is 9.10. The van der Waals surface area contributed by atoms with Crippen LogP contribution >= 0.6 is 27.5 Å². The van der Waals surface area contributed by atoms with E-state index in [1.54, 1.807) is 22.5 Å². The molecule has 2 atom stereocenters. The topological polar surface area (TPSA) is 37.4 Å². The summed E-state index contributed by atoms with van der Waals surface area (Å²) in [5.41, 5.74) is 0. The van der Waals surface area contributed by atoms with Crippen molar-refractivity contribution in [1.82, 2.24) is 4.31 Å². The highest BCUT2D eigenvalue weighted by Gasteiger charge is 2.33. The lowest BCUT2D eigenvalue weighted by atomic mass is 9.95. The Bertz CT molecular complexity index is 576. The number of nitrogens with zero attached hydrogens (tertiary/aromatic N) is 1. The maximum absolute atomic E-state index is 12.6. The molecule has 1 heterocycles. The molecular formula is C13H17BrClNO2S. The van der Waals surface area contributed by atoms with E-state index in [2.05, 4.69) is 22.9 Å². The second kappa shape index (κ2) is 5.72. The number of piperidine rings is 1. The largest absolute Gasteiger partial charge is 0.243 e. The Hall–Kier alpha value is -0.100. The van der Waals surface area contributed by atoms with Gasteiger partial charge >= 0.3 is 0 Å². The maximum Gasteiger partial charge on any atom is 0.243 e. The monoisotopic (exact) mass is 365 g/mol. The van der Waals surface area contributed by atoms with Crippen molar-refractivity contribution >= 4 is 37.6 Å². The fraction of sp³-hybridized carbons (Fsp3) is 0.538. The van der Waals surface area contributed by atoms with Gasteiger partial charge in [0.2, 0.25) is 10.0 Å². The molecule has 19 heavy (non-hydrogen) atoms. The van der Waals surface area contributed by atoms with Crippen molar-refractivity contribution in [2.24, 2.45) is 5.92 Å². The summed E-state index contributed by atoms with van der Waals surface area (Å²) in [6.45, 7) is 4.72. The Morgan fingerprint density at radius 3 is 2.63 bits per heavy atom. The summed E-state index contributed by atoms with van der Waals surface area (Å²) in [7, 11) is -3.43. The zero-order valence-corrected chi connectivity index (χ0v) is 14.1. The van der Waals surface area contributed by atoms with Gasteiger partial charge in [-0.25, -0.2) is 8.42 Å². The van der Waals surface area contributed by atoms with Crippen molar-refractivity contribution in [2.75, 3.05) is 6.54 Å². The van der Waals surface area contributed by atoms with Crippen LogP contribution in [0.5, 0.6) is 0 Å². The molecule has 1 aromatic carbocycles. The quantitative estimate of drug-likeness (QED) is 0.795. The van der Waals surface area contributed by atoms with Crippen LogP contribution in [0, 0.1) is 5.92 Å². The summed E-state index contributed by atoms with van der Waals surface area (Å²) < 4.78 is 27.5. The number of hydrogen-bond donors (Lipinski definition) is 0. The summed E-state index contributed by atoms with van der Waals surface area (Å²) in [6, 6.07) is 4.79. The van der Waals surface area contributed by atoms with Gasteiger partial charge in [0.15, 0.2) is 0 Å². The van der Waals surface area contributed by atoms with Gasteiger partial charge in [0.1, 0.15) is 0 Å². The third-order valence-corrected chi connectivity index (χ3v) is 6.80. The normalized spacial score (nSPS) is 25.5. The lowest BCUT2D eigenvalue weighted by Gasteiger charge is -2.35. The van der Waals surface area contributed by atoms with Gasteiger partial charge in [-0.2, -0.15) is 4.31 Å². The van der Waals surface area contributed by atoms with E-state index in [0.29, 0.717) is 26.9 Å². The number of rotatable bonds is 2. The van der Waals surface area contributed by atoms with E-state index >= 15 is 0 Å². The van der Waals surface area contributed by atoms with Crippen LogP contribution in [-0.4, -0.2) is 25.3 Å². The Kier molecular flexibility index (Phi) is 4.60. The molecule has 0 aromatic heterocycles. The fourth-order valence-electron chi connectivity index (χ4n) is 2.52. The Balaban J connectivity index is 2.34. The van der Waals surface area contributed by atoms with Gasteiger partial charge in [0.25, 0.3) is 0 Å². The summed E-state index contributed by atoms with van der Waals surface area (Å²) in [5.74, 6) is 0.582. The summed E-state index contributed by atoms with van der Waals surface area (Å²) >= 11 is 9.18. The van der Waals surface area contributed by atoms with E-state index in [1.807, 2.05) is 6.92 Å². The van der Waals surface area contributed by atoms with Gasteiger partial charge in [-0.3, -0.25) is 0 Å². The third kappa shape index (κ3) is 3.15. The highest BCUT2D eigenvalue weighted by Crippen LogP contribution is 2.31. The number of halogens is 2. The molecule has 0 N–H and O–H groups in total. The molecule has 1 aliphatic heterocycles. The molecule has 2 unspecified atom stereocenters. The smallest absolute Gasteiger partial charge is 0.207 e. The van der Waals surface area contributed by atoms with E-state index in [9.17, 15) is 8.42 Å². The molecule has 0 amide bonds. The molecule has 0 aliphatic carbocycles. The molecule has 106 valence electrons. The zero-order valence-electron chi connectivity index (χ0n) is 10.9. The molecule has 0 bridgehead atoms. The van der Waals surface area contributed by atoms with E-state index in [-0.39, 0.29) is 6.04 Å². The number of sulfonamides is 1. The van der Waals surface area contributed by atoms with Crippen LogP contribution in [0.15, 0.2) is 27.6 Å². The van der Waals surface area contributed by atoms with Gasteiger partial charge < -0.3 is 0 Å². The maximum atomic E-state index is 12.6. The van der Waals surface area contributed by atoms with Crippen LogP contribution in [0.3, 0.4) is 0 Å². The molecule has 1 fully saturated rings. The minimum atomic E-state index is -3.43. The van der Waals surface area contributed by atoms with Crippen LogP contribution in [0.2, 0.25) is 5.02 Å². The molecule has 1 aromatic rings. The lowest BCUT2D eigenvalue weighted by Crippen LogP contribution is -2.44. The first kappa shape index (κ1) is 15.3. The molecule has 2 rings (SSSR count). The molecular weight excluding hydrogens is 350 g/mol. The highest BCUT2D eigenvalue weighted by atomic mass is 79.9. The summed E-state index contributed by atoms with van der Waals surface area (Å²) in [4.78, 5) is 0.296. The van der Waals surface area contributed by atoms with Crippen LogP contribution < -0.4 is 0 Å². The fourth-order valence-corrected chi connectivity index (χ4v) is 4.85. The second-order valence-electron chi connectivity index (χ2n) is 5.17. The predicted molar refractivity (Wildman–Crippen MR) is 80.9 cm³/mol. The average molecular weight is 367 g/mol. The van der Waals surface area contributed by atoms with Gasteiger partial charge in [0.05, 0.1) is 9.92 Å². The standard InChI is InChI=1S/C13H17BrClNO2S/c1-9-5-6-16(10(2)7-9)19(17,18)11-3-4-13(15)12(14)8-11/h3-4,8-10H,5-7H2,1-2H3. The van der Waals surface area contributed by atoms with Crippen LogP contribution in [0.1, 0.15) is 26.7 Å².